The predicted octanol–water partition coefficient (Wildman–Crippen LogP) is 9.72. The van der Waals surface area contributed by atoms with Crippen molar-refractivity contribution in [3.05, 3.63) is 188 Å². The Balaban J connectivity index is 0.000000154. The van der Waals surface area contributed by atoms with Gasteiger partial charge in [-0.25, -0.2) is 10.9 Å². The van der Waals surface area contributed by atoms with E-state index < -0.39 is 5.97 Å². The van der Waals surface area contributed by atoms with Crippen molar-refractivity contribution in [3.8, 4) is 0 Å². The van der Waals surface area contributed by atoms with E-state index in [2.05, 4.69) is 25.9 Å². The Labute approximate surface area is 414 Å². The number of nitrogens with zero attached hydrogens (tertiary/aromatic N) is 4. The molecule has 0 aliphatic carbocycles. The van der Waals surface area contributed by atoms with Crippen LogP contribution in [0, 0.1) is 6.07 Å². The van der Waals surface area contributed by atoms with Gasteiger partial charge in [-0.2, -0.15) is 6.07 Å². The molecule has 1 aliphatic heterocycles. The van der Waals surface area contributed by atoms with Crippen molar-refractivity contribution in [3.63, 3.8) is 0 Å². The van der Waals surface area contributed by atoms with Crippen LogP contribution >= 0.6 is 58.0 Å². The molecule has 0 radical (unpaired) electrons. The Morgan fingerprint density at radius 1 is 0.621 bits per heavy atom. The van der Waals surface area contributed by atoms with Gasteiger partial charge in [-0.3, -0.25) is 19.6 Å². The molecule has 0 atom stereocenters. The van der Waals surface area contributed by atoms with Gasteiger partial charge in [-0.1, -0.05) is 58.8 Å². The number of rotatable bonds is 7. The fourth-order valence-electron chi connectivity index (χ4n) is 6.32. The Morgan fingerprint density at radius 2 is 1.11 bits per heavy atom. The molecule has 0 unspecified atom stereocenters. The van der Waals surface area contributed by atoms with Crippen LogP contribution < -0.4 is 23.8 Å². The predicted molar refractivity (Wildman–Crippen MR) is 251 cm³/mol. The summed E-state index contributed by atoms with van der Waals surface area (Å²) in [6.45, 7) is 4.88. The van der Waals surface area contributed by atoms with Crippen LogP contribution in [0.15, 0.2) is 141 Å². The first kappa shape index (κ1) is 49.8. The number of esters is 1. The molecule has 1 saturated heterocycles. The van der Waals surface area contributed by atoms with Gasteiger partial charge in [0.15, 0.2) is 11.5 Å². The van der Waals surface area contributed by atoms with Crippen molar-refractivity contribution in [2.24, 2.45) is 0 Å². The number of halogens is 5. The zero-order chi connectivity index (χ0) is 45.9. The van der Waals surface area contributed by atoms with Crippen molar-refractivity contribution in [1.82, 2.24) is 15.0 Å². The number of hydrogen-bond donors (Lipinski definition) is 0. The van der Waals surface area contributed by atoms with E-state index in [1.54, 1.807) is 110 Å². The van der Waals surface area contributed by atoms with Gasteiger partial charge < -0.3 is 32.6 Å². The first-order valence-corrected chi connectivity index (χ1v) is 21.5. The average Bonchev–Trinajstić information content (AvgIpc) is 4.07. The van der Waals surface area contributed by atoms with Gasteiger partial charge in [0.05, 0.1) is 41.7 Å². The summed E-state index contributed by atoms with van der Waals surface area (Å²) in [5.41, 5.74) is 3.57. The van der Waals surface area contributed by atoms with Crippen LogP contribution in [0.4, 0.5) is 5.69 Å². The van der Waals surface area contributed by atoms with Crippen molar-refractivity contribution < 1.29 is 56.0 Å². The Hall–Kier alpha value is -5.65. The number of morpholine rings is 1. The summed E-state index contributed by atoms with van der Waals surface area (Å²) in [5.74, 6) is -0.233. The second-order valence-electron chi connectivity index (χ2n) is 13.7. The van der Waals surface area contributed by atoms with Crippen LogP contribution in [0.1, 0.15) is 49.7 Å². The van der Waals surface area contributed by atoms with Crippen LogP contribution in [-0.4, -0.2) is 65.4 Å². The number of carbonyl (C=O) groups is 3. The van der Waals surface area contributed by atoms with E-state index in [0.717, 1.165) is 34.9 Å². The minimum absolute atomic E-state index is 0. The number of carbonyl (C=O) groups excluding carboxylic acids is 3. The summed E-state index contributed by atoms with van der Waals surface area (Å²) in [4.78, 5) is 50.4. The first-order chi connectivity index (χ1) is 31.5. The third-order valence-electron chi connectivity index (χ3n) is 9.35. The normalized spacial score (nSPS) is 11.9. The molecule has 10 rings (SSSR count). The molecule has 9 aromatic rings. The van der Waals surface area contributed by atoms with Crippen LogP contribution in [-0.2, 0) is 9.47 Å². The molecule has 18 heteroatoms. The SMILES string of the molecule is CCOC(=O)c1cc2cc(Cl)ccc2o1.Clc1[c-]cncc1.O=C(c1cc2cc(Cl)ccc2o1)c1cnccc1Cl.O=C(c1cc2cc(Cl)ccc2o1)c1cnccc1N1CCOCC1.[Li+]. The molecule has 0 bridgehead atoms. The van der Waals surface area contributed by atoms with Crippen LogP contribution in [0.2, 0.25) is 25.1 Å². The zero-order valence-corrected chi connectivity index (χ0v) is 38.9. The number of anilines is 1. The molecule has 3 aromatic carbocycles. The summed E-state index contributed by atoms with van der Waals surface area (Å²) < 4.78 is 26.7. The third-order valence-corrected chi connectivity index (χ3v) is 10.6. The number of benzene rings is 3. The van der Waals surface area contributed by atoms with Gasteiger partial charge in [0.25, 0.3) is 0 Å². The molecule has 12 nitrogen and oxygen atoms in total. The first-order valence-electron chi connectivity index (χ1n) is 19.6. The summed E-state index contributed by atoms with van der Waals surface area (Å²) >= 11 is 29.1. The molecule has 0 spiro atoms. The summed E-state index contributed by atoms with van der Waals surface area (Å²) in [6.07, 6.45) is 9.39. The summed E-state index contributed by atoms with van der Waals surface area (Å²) in [7, 11) is 0. The van der Waals surface area contributed by atoms with E-state index >= 15 is 0 Å². The van der Waals surface area contributed by atoms with E-state index in [1.165, 1.54) is 18.6 Å². The smallest absolute Gasteiger partial charge is 0.460 e. The summed E-state index contributed by atoms with van der Waals surface area (Å²) in [6, 6.07) is 28.4. The molecule has 1 aliphatic rings. The maximum atomic E-state index is 12.9. The molecule has 0 saturated carbocycles. The number of aromatic nitrogens is 3. The average molecular weight is 979 g/mol. The van der Waals surface area contributed by atoms with Crippen molar-refractivity contribution in [2.75, 3.05) is 37.8 Å². The number of furan rings is 3. The maximum Gasteiger partial charge on any atom is 1.00 e. The molecule has 330 valence electrons. The fraction of sp³-hybridized carbons (Fsp3) is 0.125. The second kappa shape index (κ2) is 23.7. The Kier molecular flexibility index (Phi) is 17.9. The summed E-state index contributed by atoms with van der Waals surface area (Å²) in [5, 5.41) is 5.14. The van der Waals surface area contributed by atoms with Crippen LogP contribution in [0.25, 0.3) is 32.9 Å². The number of ketones is 2. The van der Waals surface area contributed by atoms with Gasteiger partial charge in [0, 0.05) is 69.1 Å². The molecular weight excluding hydrogens is 945 g/mol. The molecule has 1 fully saturated rings. The third kappa shape index (κ3) is 12.8. The molecular formula is C48H34Cl5LiN4O8. The Bertz CT molecular complexity index is 3100. The topological polar surface area (TPSA) is 151 Å². The van der Waals surface area contributed by atoms with E-state index in [4.69, 9.17) is 80.7 Å². The molecule has 66 heavy (non-hydrogen) atoms. The minimum atomic E-state index is -0.454. The van der Waals surface area contributed by atoms with Gasteiger partial charge in [0.2, 0.25) is 17.3 Å². The molecule has 0 N–H and O–H groups in total. The van der Waals surface area contributed by atoms with E-state index in [1.807, 2.05) is 6.07 Å². The van der Waals surface area contributed by atoms with E-state index in [0.29, 0.717) is 72.8 Å². The van der Waals surface area contributed by atoms with Crippen LogP contribution in [0.5, 0.6) is 0 Å². The number of ether oxygens (including phenoxy) is 2. The maximum absolute atomic E-state index is 12.9. The van der Waals surface area contributed by atoms with E-state index in [9.17, 15) is 14.4 Å². The second-order valence-corrected chi connectivity index (χ2v) is 15.8. The van der Waals surface area contributed by atoms with Crippen LogP contribution in [0.3, 0.4) is 0 Å². The standard InChI is InChI=1S/C18H15ClN2O3.C14H7Cl2NO2.C11H9ClO3.C5H3ClN.Li/c19-13-1-2-16-12(9-13)10-17(24-16)18(22)14-11-20-4-3-15(14)21-5-7-23-8-6-21;15-9-1-2-12-8(5-9)6-13(19-12)14(18)10-7-17-4-3-11(10)16;1-2-14-11(13)10-6-7-5-8(12)3-4-9(7)15-10;6-5-1-3-7-4-2-5;/h1-4,9-11H,5-8H2;1-7H;3-6H,2H2,1H3;1,3-4H;/q;;;-1;+1. The Morgan fingerprint density at radius 3 is 1.59 bits per heavy atom. The number of hydrogen-bond acceptors (Lipinski definition) is 12. The van der Waals surface area contributed by atoms with Gasteiger partial charge >= 0.3 is 24.8 Å². The number of fused-ring (bicyclic) bond motifs is 3. The van der Waals surface area contributed by atoms with Gasteiger partial charge in [-0.05, 0) is 91.9 Å². The minimum Gasteiger partial charge on any atom is -0.460 e. The molecule has 6 aromatic heterocycles. The quantitative estimate of drug-likeness (QED) is 0.0647. The molecule has 0 amide bonds. The van der Waals surface area contributed by atoms with Gasteiger partial charge in [0.1, 0.15) is 16.7 Å². The van der Waals surface area contributed by atoms with Crippen molar-refractivity contribution in [2.45, 2.75) is 6.92 Å². The van der Waals surface area contributed by atoms with Crippen molar-refractivity contribution >= 4 is 114 Å². The number of pyridine rings is 3. The molecule has 7 heterocycles. The largest absolute Gasteiger partial charge is 1.00 e. The monoisotopic (exact) mass is 976 g/mol. The fourth-order valence-corrected chi connectivity index (χ4v) is 7.16. The zero-order valence-electron chi connectivity index (χ0n) is 35.1. The van der Waals surface area contributed by atoms with E-state index in [-0.39, 0.29) is 47.7 Å². The van der Waals surface area contributed by atoms with Crippen molar-refractivity contribution in [1.29, 1.82) is 0 Å². The van der Waals surface area contributed by atoms with Gasteiger partial charge in [-0.15, -0.1) is 16.6 Å².